The van der Waals surface area contributed by atoms with Gasteiger partial charge in [-0.2, -0.15) is 23.7 Å². The number of aromatic nitrogens is 2. The minimum absolute atomic E-state index is 0. The van der Waals surface area contributed by atoms with Gasteiger partial charge in [0.2, 0.25) is 5.82 Å². The maximum Gasteiger partial charge on any atom is 2.00 e. The van der Waals surface area contributed by atoms with Crippen LogP contribution >= 0.6 is 0 Å². The van der Waals surface area contributed by atoms with Crippen LogP contribution in [0.3, 0.4) is 0 Å². The van der Waals surface area contributed by atoms with Crippen LogP contribution in [0.25, 0.3) is 0 Å². The van der Waals surface area contributed by atoms with E-state index in [1.807, 2.05) is 0 Å². The number of alkyl halides is 3. The standard InChI is InChI=1S/C6HF3N4.Mg.2H/c7-6(8,9)5-12-3(1-10)4(2-11)13-5;;;/h(H,12,13);;;/q;+2;2*-1. The van der Waals surface area contributed by atoms with Gasteiger partial charge in [0.05, 0.1) is 0 Å². The van der Waals surface area contributed by atoms with Gasteiger partial charge >= 0.3 is 29.2 Å². The average molecular weight is 212 g/mol. The number of nitrogens with zero attached hydrogens (tertiary/aromatic N) is 3. The van der Waals surface area contributed by atoms with Crippen LogP contribution < -0.4 is 0 Å². The molecule has 0 radical (unpaired) electrons. The Labute approximate surface area is 95.5 Å². The summed E-state index contributed by atoms with van der Waals surface area (Å²) in [6.07, 6.45) is -4.67. The van der Waals surface area contributed by atoms with E-state index in [-0.39, 0.29) is 25.9 Å². The number of hydrogen-bond acceptors (Lipinski definition) is 3. The van der Waals surface area contributed by atoms with Crippen molar-refractivity contribution < 1.29 is 16.0 Å². The van der Waals surface area contributed by atoms with Gasteiger partial charge in [-0.05, 0) is 0 Å². The summed E-state index contributed by atoms with van der Waals surface area (Å²) in [5, 5.41) is 16.6. The topological polar surface area (TPSA) is 76.3 Å². The van der Waals surface area contributed by atoms with Crippen molar-refractivity contribution in [3.05, 3.63) is 17.2 Å². The number of H-pyrrole nitrogens is 1. The van der Waals surface area contributed by atoms with E-state index in [0.29, 0.717) is 0 Å². The maximum absolute atomic E-state index is 11.9. The molecule has 0 aliphatic rings. The summed E-state index contributed by atoms with van der Waals surface area (Å²) >= 11 is 0. The van der Waals surface area contributed by atoms with Crippen LogP contribution in [0.2, 0.25) is 0 Å². The molecule has 0 spiro atoms. The number of nitrogens with one attached hydrogen (secondary N) is 1. The Hall–Kier alpha value is -1.25. The Kier molecular flexibility index (Phi) is 3.92. The molecule has 0 fully saturated rings. The Balaban J connectivity index is -0.000000563. The molecule has 70 valence electrons. The molecule has 1 rings (SSSR count). The van der Waals surface area contributed by atoms with Gasteiger partial charge in [-0.15, -0.1) is 0 Å². The van der Waals surface area contributed by atoms with Gasteiger partial charge in [-0.1, -0.05) is 0 Å². The Morgan fingerprint density at radius 1 is 1.29 bits per heavy atom. The fraction of sp³-hybridized carbons (Fsp3) is 0.167. The van der Waals surface area contributed by atoms with Crippen LogP contribution in [0.5, 0.6) is 0 Å². The van der Waals surface area contributed by atoms with Gasteiger partial charge in [-0.25, -0.2) is 4.98 Å². The fourth-order valence-corrected chi connectivity index (χ4v) is 0.669. The largest absolute Gasteiger partial charge is 2.00 e. The predicted octanol–water partition coefficient (Wildman–Crippen LogP) is 1.02. The van der Waals surface area contributed by atoms with Crippen molar-refractivity contribution in [3.8, 4) is 12.1 Å². The van der Waals surface area contributed by atoms with Crippen LogP contribution in [0, 0.1) is 22.7 Å². The molecule has 0 saturated carbocycles. The molecule has 1 aromatic rings. The first-order chi connectivity index (χ1) is 5.99. The summed E-state index contributed by atoms with van der Waals surface area (Å²) in [6, 6.07) is 2.77. The summed E-state index contributed by atoms with van der Waals surface area (Å²) < 4.78 is 35.8. The second kappa shape index (κ2) is 4.31. The van der Waals surface area contributed by atoms with Crippen LogP contribution in [0.1, 0.15) is 20.1 Å². The zero-order valence-corrected chi connectivity index (χ0v) is 8.10. The van der Waals surface area contributed by atoms with Crippen LogP contribution in [-0.4, -0.2) is 33.0 Å². The van der Waals surface area contributed by atoms with E-state index >= 15 is 0 Å². The van der Waals surface area contributed by atoms with Gasteiger partial charge in [-0.3, -0.25) is 0 Å². The first-order valence-electron chi connectivity index (χ1n) is 2.96. The predicted molar refractivity (Wildman–Crippen MR) is 41.0 cm³/mol. The minimum atomic E-state index is -4.67. The number of nitriles is 2. The SMILES string of the molecule is N#Cc1nc(C(F)(F)F)[nH]c1C#N.[H-].[H-].[Mg+2]. The van der Waals surface area contributed by atoms with Crippen molar-refractivity contribution in [2.45, 2.75) is 6.18 Å². The molecule has 0 bridgehead atoms. The number of rotatable bonds is 0. The first-order valence-corrected chi connectivity index (χ1v) is 2.96. The van der Waals surface area contributed by atoms with E-state index in [4.69, 9.17) is 10.5 Å². The molecule has 0 amide bonds. The molecule has 0 unspecified atom stereocenters. The van der Waals surface area contributed by atoms with Gasteiger partial charge in [0, 0.05) is 0 Å². The number of hydrogen-bond donors (Lipinski definition) is 1. The molecule has 4 nitrogen and oxygen atoms in total. The molecule has 1 heterocycles. The zero-order valence-electron chi connectivity index (χ0n) is 8.68. The number of imidazole rings is 1. The summed E-state index contributed by atoms with van der Waals surface area (Å²) in [5.41, 5.74) is -1.02. The molecule has 0 aliphatic heterocycles. The molecule has 14 heavy (non-hydrogen) atoms. The first kappa shape index (κ1) is 12.7. The molecule has 0 atom stereocenters. The maximum atomic E-state index is 11.9. The summed E-state index contributed by atoms with van der Waals surface area (Å²) in [4.78, 5) is 4.61. The van der Waals surface area contributed by atoms with Crippen molar-refractivity contribution in [2.24, 2.45) is 0 Å². The van der Waals surface area contributed by atoms with Gasteiger partial charge in [0.25, 0.3) is 0 Å². The Morgan fingerprint density at radius 3 is 2.14 bits per heavy atom. The van der Waals surface area contributed by atoms with Crippen LogP contribution in [-0.2, 0) is 6.18 Å². The van der Waals surface area contributed by atoms with E-state index in [2.05, 4.69) is 4.98 Å². The fourth-order valence-electron chi connectivity index (χ4n) is 0.669. The van der Waals surface area contributed by atoms with Crippen LogP contribution in [0.15, 0.2) is 0 Å². The quantitative estimate of drug-likeness (QED) is 0.652. The smallest absolute Gasteiger partial charge is 1.00 e. The van der Waals surface area contributed by atoms with Crippen molar-refractivity contribution >= 4 is 23.1 Å². The number of aromatic amines is 1. The van der Waals surface area contributed by atoms with Crippen molar-refractivity contribution in [1.29, 1.82) is 10.5 Å². The van der Waals surface area contributed by atoms with Crippen LogP contribution in [0.4, 0.5) is 13.2 Å². The zero-order chi connectivity index (χ0) is 10.1. The molecular weight excluding hydrogens is 209 g/mol. The molecule has 0 saturated heterocycles. The second-order valence-corrected chi connectivity index (χ2v) is 2.03. The third kappa shape index (κ3) is 2.37. The summed E-state index contributed by atoms with van der Waals surface area (Å²) in [6.45, 7) is 0. The van der Waals surface area contributed by atoms with E-state index < -0.39 is 23.4 Å². The minimum Gasteiger partial charge on any atom is -1.00 e. The normalized spacial score (nSPS) is 9.79. The third-order valence-corrected chi connectivity index (χ3v) is 1.19. The molecule has 1 aromatic heterocycles. The molecule has 8 heteroatoms. The monoisotopic (exact) mass is 212 g/mol. The summed E-state index contributed by atoms with van der Waals surface area (Å²) in [5.74, 6) is -1.33. The van der Waals surface area contributed by atoms with E-state index in [9.17, 15) is 13.2 Å². The Bertz CT molecular complexity index is 385. The van der Waals surface area contributed by atoms with Crippen molar-refractivity contribution in [3.63, 3.8) is 0 Å². The van der Waals surface area contributed by atoms with Gasteiger partial charge in [0.1, 0.15) is 12.1 Å². The second-order valence-electron chi connectivity index (χ2n) is 2.03. The average Bonchev–Trinajstić information content (AvgIpc) is 2.45. The molecule has 0 aromatic carbocycles. The van der Waals surface area contributed by atoms with Crippen molar-refractivity contribution in [1.82, 2.24) is 9.97 Å². The molecule has 1 N–H and O–H groups in total. The van der Waals surface area contributed by atoms with E-state index in [0.717, 1.165) is 0 Å². The van der Waals surface area contributed by atoms with Crippen molar-refractivity contribution in [2.75, 3.05) is 0 Å². The Morgan fingerprint density at radius 2 is 1.86 bits per heavy atom. The van der Waals surface area contributed by atoms with E-state index in [1.165, 1.54) is 12.1 Å². The summed E-state index contributed by atoms with van der Waals surface area (Å²) in [7, 11) is 0. The molecule has 0 aliphatic carbocycles. The van der Waals surface area contributed by atoms with E-state index in [1.54, 1.807) is 4.98 Å². The van der Waals surface area contributed by atoms with Gasteiger partial charge in [0.15, 0.2) is 11.4 Å². The molecular formula is C6H3F3MgN4. The van der Waals surface area contributed by atoms with Gasteiger partial charge < -0.3 is 7.84 Å². The number of halogens is 3. The third-order valence-electron chi connectivity index (χ3n) is 1.19.